The predicted molar refractivity (Wildman–Crippen MR) is 125 cm³/mol. The van der Waals surface area contributed by atoms with E-state index in [1.807, 2.05) is 6.92 Å². The van der Waals surface area contributed by atoms with Crippen LogP contribution in [-0.2, 0) is 6.54 Å². The van der Waals surface area contributed by atoms with Gasteiger partial charge in [0.25, 0.3) is 0 Å². The van der Waals surface area contributed by atoms with Gasteiger partial charge in [-0.25, -0.2) is 18.6 Å². The van der Waals surface area contributed by atoms with E-state index in [-0.39, 0.29) is 24.2 Å². The molecule has 0 bridgehead atoms. The number of thiazole rings is 1. The summed E-state index contributed by atoms with van der Waals surface area (Å²) in [5.74, 6) is -0.848. The lowest BCUT2D eigenvalue weighted by molar-refractivity contribution is 0.404. The summed E-state index contributed by atoms with van der Waals surface area (Å²) in [6, 6.07) is 10.8. The van der Waals surface area contributed by atoms with Crippen LogP contribution in [0.3, 0.4) is 0 Å². The molecule has 1 fully saturated rings. The van der Waals surface area contributed by atoms with E-state index in [9.17, 15) is 13.6 Å². The van der Waals surface area contributed by atoms with Crippen molar-refractivity contribution < 1.29 is 13.5 Å². The molecule has 0 saturated carbocycles. The second-order valence-electron chi connectivity index (χ2n) is 8.18. The van der Waals surface area contributed by atoms with Gasteiger partial charge in [0, 0.05) is 24.2 Å². The first-order valence-corrected chi connectivity index (χ1v) is 11.5. The van der Waals surface area contributed by atoms with Crippen LogP contribution in [0.1, 0.15) is 18.2 Å². The maximum Gasteiger partial charge on any atom is 0.350 e. The largest absolute Gasteiger partial charge is 0.445 e. The van der Waals surface area contributed by atoms with Crippen LogP contribution in [0.5, 0.6) is 10.8 Å². The molecule has 8 nitrogen and oxygen atoms in total. The van der Waals surface area contributed by atoms with Gasteiger partial charge in [0.2, 0.25) is 5.06 Å². The highest BCUT2D eigenvalue weighted by Gasteiger charge is 2.34. The first-order chi connectivity index (χ1) is 16.3. The molecule has 0 radical (unpaired) electrons. The van der Waals surface area contributed by atoms with Crippen molar-refractivity contribution in [2.75, 3.05) is 11.4 Å². The topological polar surface area (TPSA) is 91.2 Å². The van der Waals surface area contributed by atoms with Crippen molar-refractivity contribution in [1.82, 2.24) is 19.3 Å². The van der Waals surface area contributed by atoms with Crippen molar-refractivity contribution in [2.24, 2.45) is 5.73 Å². The molecule has 2 aromatic carbocycles. The number of nitrogens with zero attached hydrogens (tertiary/aromatic N) is 5. The van der Waals surface area contributed by atoms with E-state index < -0.39 is 17.3 Å². The van der Waals surface area contributed by atoms with Crippen molar-refractivity contribution >= 4 is 16.5 Å². The molecule has 0 aliphatic carbocycles. The normalized spacial score (nSPS) is 17.6. The molecule has 2 N–H and O–H groups in total. The van der Waals surface area contributed by atoms with Gasteiger partial charge in [-0.15, -0.1) is 0 Å². The minimum Gasteiger partial charge on any atom is -0.445 e. The van der Waals surface area contributed by atoms with Crippen LogP contribution in [0, 0.1) is 18.6 Å². The zero-order valence-electron chi connectivity index (χ0n) is 18.5. The van der Waals surface area contributed by atoms with Crippen molar-refractivity contribution in [3.05, 3.63) is 82.2 Å². The summed E-state index contributed by atoms with van der Waals surface area (Å²) in [7, 11) is 0. The summed E-state index contributed by atoms with van der Waals surface area (Å²) in [5, 5.41) is 5.64. The smallest absolute Gasteiger partial charge is 0.350 e. The molecule has 34 heavy (non-hydrogen) atoms. The van der Waals surface area contributed by atoms with E-state index in [0.717, 1.165) is 38.8 Å². The van der Waals surface area contributed by atoms with E-state index in [1.54, 1.807) is 24.3 Å². The van der Waals surface area contributed by atoms with Gasteiger partial charge in [-0.1, -0.05) is 17.4 Å². The lowest BCUT2D eigenvalue weighted by atomic mass is 10.0. The first kappa shape index (κ1) is 22.2. The van der Waals surface area contributed by atoms with E-state index in [0.29, 0.717) is 16.5 Å². The summed E-state index contributed by atoms with van der Waals surface area (Å²) >= 11 is 1.46. The molecule has 2 aromatic heterocycles. The molecular weight excluding hydrogens is 462 g/mol. The minimum atomic E-state index is -0.714. The standard InChI is InChI=1S/C23H22F2N6O2S/c1-13-21(34-22(28-13)30-11-20(26)14(30)2)33-16-8-6-15(7-9-16)31-23(32)29(12-27-31)10-17-18(24)4-3-5-19(17)25/h3-9,12,14,20H,10-11,26H2,1-2H3/t14-,20-/m0/s1. The van der Waals surface area contributed by atoms with Gasteiger partial charge in [0.05, 0.1) is 17.9 Å². The average Bonchev–Trinajstić information content (AvgIpc) is 3.36. The molecule has 4 aromatic rings. The Kier molecular flexibility index (Phi) is 5.66. The molecule has 1 saturated heterocycles. The molecule has 11 heteroatoms. The number of rotatable bonds is 6. The summed E-state index contributed by atoms with van der Waals surface area (Å²) in [6.45, 7) is 4.47. The third-order valence-corrected chi connectivity index (χ3v) is 7.00. The Labute approximate surface area is 197 Å². The summed E-state index contributed by atoms with van der Waals surface area (Å²) in [5.41, 5.74) is 6.56. The minimum absolute atomic E-state index is 0.152. The van der Waals surface area contributed by atoms with Crippen LogP contribution in [0.4, 0.5) is 13.9 Å². The van der Waals surface area contributed by atoms with Crippen molar-refractivity contribution in [3.8, 4) is 16.5 Å². The molecule has 0 unspecified atom stereocenters. The second kappa shape index (κ2) is 8.65. The molecule has 0 spiro atoms. The maximum absolute atomic E-state index is 13.9. The summed E-state index contributed by atoms with van der Waals surface area (Å²) in [6.07, 6.45) is 1.25. The van der Waals surface area contributed by atoms with Gasteiger partial charge in [-0.05, 0) is 50.2 Å². The predicted octanol–water partition coefficient (Wildman–Crippen LogP) is 3.45. The van der Waals surface area contributed by atoms with Crippen molar-refractivity contribution in [3.63, 3.8) is 0 Å². The highest BCUT2D eigenvalue weighted by Crippen LogP contribution is 2.38. The maximum atomic E-state index is 13.9. The lowest BCUT2D eigenvalue weighted by Gasteiger charge is -2.44. The lowest BCUT2D eigenvalue weighted by Crippen LogP contribution is -2.63. The van der Waals surface area contributed by atoms with Crippen LogP contribution in [0.25, 0.3) is 5.69 Å². The van der Waals surface area contributed by atoms with Crippen LogP contribution in [-0.4, -0.2) is 38.0 Å². The fraction of sp³-hybridized carbons (Fsp3) is 0.261. The number of hydrogen-bond donors (Lipinski definition) is 1. The Hall–Kier alpha value is -3.57. The first-order valence-electron chi connectivity index (χ1n) is 10.7. The van der Waals surface area contributed by atoms with Gasteiger partial charge in [-0.3, -0.25) is 4.57 Å². The van der Waals surface area contributed by atoms with Crippen LogP contribution in [0.15, 0.2) is 53.6 Å². The Bertz CT molecular complexity index is 1380. The molecular formula is C23H22F2N6O2S. The van der Waals surface area contributed by atoms with Crippen LogP contribution in [0.2, 0.25) is 0 Å². The Balaban J connectivity index is 1.32. The molecule has 2 atom stereocenters. The van der Waals surface area contributed by atoms with E-state index in [2.05, 4.69) is 21.9 Å². The summed E-state index contributed by atoms with van der Waals surface area (Å²) < 4.78 is 36.2. The van der Waals surface area contributed by atoms with Gasteiger partial charge < -0.3 is 15.4 Å². The molecule has 0 amide bonds. The fourth-order valence-electron chi connectivity index (χ4n) is 3.71. The Morgan fingerprint density at radius 2 is 1.88 bits per heavy atom. The van der Waals surface area contributed by atoms with Crippen LogP contribution < -0.4 is 21.1 Å². The average molecular weight is 485 g/mol. The van der Waals surface area contributed by atoms with Gasteiger partial charge >= 0.3 is 5.69 Å². The molecule has 1 aliphatic rings. The van der Waals surface area contributed by atoms with Crippen molar-refractivity contribution in [1.29, 1.82) is 0 Å². The molecule has 3 heterocycles. The van der Waals surface area contributed by atoms with E-state index >= 15 is 0 Å². The number of nitrogens with two attached hydrogens (primary N) is 1. The molecule has 1 aliphatic heterocycles. The SMILES string of the molecule is Cc1nc(N2C[C@H](N)[C@@H]2C)sc1Oc1ccc(-n2ncn(Cc3c(F)cccc3F)c2=O)cc1. The fourth-order valence-corrected chi connectivity index (χ4v) is 4.75. The number of halogens is 2. The van der Waals surface area contributed by atoms with Crippen molar-refractivity contribution in [2.45, 2.75) is 32.5 Å². The number of ether oxygens (including phenoxy) is 1. The Morgan fingerprint density at radius 3 is 2.53 bits per heavy atom. The van der Waals surface area contributed by atoms with Gasteiger partial charge in [0.1, 0.15) is 23.7 Å². The second-order valence-corrected chi connectivity index (χ2v) is 9.12. The van der Waals surface area contributed by atoms with E-state index in [4.69, 9.17) is 10.5 Å². The number of aryl methyl sites for hydroxylation is 1. The van der Waals surface area contributed by atoms with Gasteiger partial charge in [0.15, 0.2) is 5.13 Å². The zero-order chi connectivity index (χ0) is 24.0. The van der Waals surface area contributed by atoms with Crippen LogP contribution >= 0.6 is 11.3 Å². The number of hydrogen-bond acceptors (Lipinski definition) is 7. The third-order valence-electron chi connectivity index (χ3n) is 5.92. The van der Waals surface area contributed by atoms with Gasteiger partial charge in [-0.2, -0.15) is 9.78 Å². The molecule has 5 rings (SSSR count). The monoisotopic (exact) mass is 484 g/mol. The van der Waals surface area contributed by atoms with E-state index in [1.165, 1.54) is 23.7 Å². The number of benzene rings is 2. The highest BCUT2D eigenvalue weighted by molar-refractivity contribution is 7.17. The zero-order valence-corrected chi connectivity index (χ0v) is 19.3. The third kappa shape index (κ3) is 3.97. The quantitative estimate of drug-likeness (QED) is 0.451. The summed E-state index contributed by atoms with van der Waals surface area (Å²) in [4.78, 5) is 19.5. The number of aromatic nitrogens is 4. The highest BCUT2D eigenvalue weighted by atomic mass is 32.1. The molecule has 176 valence electrons. The number of anilines is 1. The Morgan fingerprint density at radius 1 is 1.18 bits per heavy atom.